The Kier molecular flexibility index (Phi) is 2.39. The first-order chi connectivity index (χ1) is 5.38. The number of nitrogens with two attached hydrogens (primary N) is 1. The van der Waals surface area contributed by atoms with Crippen LogP contribution in [0.1, 0.15) is 12.8 Å². The minimum Gasteiger partial charge on any atom is -0.326 e. The van der Waals surface area contributed by atoms with Gasteiger partial charge in [0.05, 0.1) is 0 Å². The second kappa shape index (κ2) is 3.33. The van der Waals surface area contributed by atoms with Gasteiger partial charge in [-0.05, 0) is 19.4 Å². The van der Waals surface area contributed by atoms with Crippen molar-refractivity contribution in [1.82, 2.24) is 4.90 Å². The van der Waals surface area contributed by atoms with E-state index in [1.807, 2.05) is 0 Å². The first-order valence-electron chi connectivity index (χ1n) is 4.45. The van der Waals surface area contributed by atoms with Gasteiger partial charge in [0, 0.05) is 30.1 Å². The molecule has 2 heterocycles. The van der Waals surface area contributed by atoms with E-state index in [4.69, 9.17) is 5.73 Å². The molecular formula is C8H16N2S. The quantitative estimate of drug-likeness (QED) is 0.578. The third kappa shape index (κ3) is 1.55. The van der Waals surface area contributed by atoms with E-state index in [9.17, 15) is 0 Å². The summed E-state index contributed by atoms with van der Waals surface area (Å²) >= 11 is 2.06. The zero-order chi connectivity index (χ0) is 7.68. The molecule has 3 heteroatoms. The number of piperidine rings is 1. The van der Waals surface area contributed by atoms with Crippen molar-refractivity contribution in [2.75, 3.05) is 24.6 Å². The van der Waals surface area contributed by atoms with Crippen LogP contribution in [-0.2, 0) is 0 Å². The Morgan fingerprint density at radius 1 is 1.36 bits per heavy atom. The lowest BCUT2D eigenvalue weighted by Crippen LogP contribution is -2.55. The van der Waals surface area contributed by atoms with E-state index in [2.05, 4.69) is 16.7 Å². The van der Waals surface area contributed by atoms with Crippen LogP contribution < -0.4 is 5.73 Å². The second-order valence-corrected chi connectivity index (χ2v) is 4.63. The summed E-state index contributed by atoms with van der Waals surface area (Å²) in [7, 11) is 0. The molecule has 0 aromatic carbocycles. The van der Waals surface area contributed by atoms with Gasteiger partial charge < -0.3 is 5.73 Å². The number of nitrogens with zero attached hydrogens (tertiary/aromatic N) is 1. The number of hydrogen-bond acceptors (Lipinski definition) is 3. The highest BCUT2D eigenvalue weighted by Gasteiger charge is 2.30. The van der Waals surface area contributed by atoms with Crippen molar-refractivity contribution >= 4 is 11.8 Å². The van der Waals surface area contributed by atoms with E-state index in [-0.39, 0.29) is 0 Å². The van der Waals surface area contributed by atoms with Gasteiger partial charge in [-0.3, -0.25) is 4.90 Å². The smallest absolute Gasteiger partial charge is 0.0338 e. The molecule has 0 bridgehead atoms. The van der Waals surface area contributed by atoms with E-state index in [0.29, 0.717) is 12.1 Å². The van der Waals surface area contributed by atoms with Crippen molar-refractivity contribution in [3.63, 3.8) is 0 Å². The second-order valence-electron chi connectivity index (χ2n) is 3.48. The molecule has 0 aromatic heterocycles. The van der Waals surface area contributed by atoms with Crippen LogP contribution in [0.3, 0.4) is 0 Å². The highest BCUT2D eigenvalue weighted by Crippen LogP contribution is 2.23. The van der Waals surface area contributed by atoms with Crippen molar-refractivity contribution < 1.29 is 0 Å². The molecule has 2 aliphatic heterocycles. The molecule has 2 atom stereocenters. The molecule has 2 rings (SSSR count). The Morgan fingerprint density at radius 2 is 2.27 bits per heavy atom. The molecule has 2 N–H and O–H groups in total. The molecule has 2 unspecified atom stereocenters. The van der Waals surface area contributed by atoms with Crippen molar-refractivity contribution in [3.05, 3.63) is 0 Å². The minimum atomic E-state index is 0.455. The highest BCUT2D eigenvalue weighted by atomic mass is 32.2. The highest BCUT2D eigenvalue weighted by molar-refractivity contribution is 7.99. The molecule has 0 spiro atoms. The third-order valence-electron chi connectivity index (χ3n) is 2.76. The van der Waals surface area contributed by atoms with Gasteiger partial charge in [0.1, 0.15) is 0 Å². The van der Waals surface area contributed by atoms with Gasteiger partial charge in [0.25, 0.3) is 0 Å². The van der Waals surface area contributed by atoms with Crippen LogP contribution in [0.5, 0.6) is 0 Å². The van der Waals surface area contributed by atoms with E-state index in [1.54, 1.807) is 0 Å². The molecule has 2 aliphatic rings. The number of hydrogen-bond donors (Lipinski definition) is 1. The number of fused-ring (bicyclic) bond motifs is 1. The summed E-state index contributed by atoms with van der Waals surface area (Å²) in [5, 5.41) is 0. The van der Waals surface area contributed by atoms with Crippen LogP contribution >= 0.6 is 11.8 Å². The minimum absolute atomic E-state index is 0.455. The molecule has 11 heavy (non-hydrogen) atoms. The largest absolute Gasteiger partial charge is 0.326 e. The Labute approximate surface area is 72.5 Å². The Morgan fingerprint density at radius 3 is 3.09 bits per heavy atom. The number of thioether (sulfide) groups is 1. The van der Waals surface area contributed by atoms with Gasteiger partial charge in [-0.15, -0.1) is 0 Å². The maximum atomic E-state index is 6.03. The van der Waals surface area contributed by atoms with Gasteiger partial charge in [0.15, 0.2) is 0 Å². The molecular weight excluding hydrogens is 156 g/mol. The van der Waals surface area contributed by atoms with Crippen LogP contribution in [0.4, 0.5) is 0 Å². The molecule has 0 amide bonds. The van der Waals surface area contributed by atoms with Crippen molar-refractivity contribution in [1.29, 1.82) is 0 Å². The van der Waals surface area contributed by atoms with Gasteiger partial charge in [-0.2, -0.15) is 11.8 Å². The summed E-state index contributed by atoms with van der Waals surface area (Å²) < 4.78 is 0. The van der Waals surface area contributed by atoms with Gasteiger partial charge in [0.2, 0.25) is 0 Å². The lowest BCUT2D eigenvalue weighted by molar-refractivity contribution is 0.148. The normalized spacial score (nSPS) is 40.1. The lowest BCUT2D eigenvalue weighted by Gasteiger charge is -2.42. The third-order valence-corrected chi connectivity index (χ3v) is 3.81. The predicted octanol–water partition coefficient (Wildman–Crippen LogP) is 0.525. The average molecular weight is 172 g/mol. The molecule has 64 valence electrons. The van der Waals surface area contributed by atoms with Crippen molar-refractivity contribution in [2.24, 2.45) is 5.73 Å². The predicted molar refractivity (Wildman–Crippen MR) is 49.9 cm³/mol. The Balaban J connectivity index is 1.99. The Hall–Kier alpha value is 0.270. The average Bonchev–Trinajstić information content (AvgIpc) is 2.06. The summed E-state index contributed by atoms with van der Waals surface area (Å²) in [6, 6.07) is 1.15. The topological polar surface area (TPSA) is 29.3 Å². The van der Waals surface area contributed by atoms with Gasteiger partial charge in [-0.1, -0.05) is 0 Å². The van der Waals surface area contributed by atoms with Crippen LogP contribution in [0.15, 0.2) is 0 Å². The monoisotopic (exact) mass is 172 g/mol. The lowest BCUT2D eigenvalue weighted by atomic mass is 9.98. The van der Waals surface area contributed by atoms with Crippen LogP contribution in [0.25, 0.3) is 0 Å². The standard InChI is InChI=1S/C8H16N2S/c9-7-2-1-3-10-4-5-11-6-8(7)10/h7-8H,1-6,9H2. The van der Waals surface area contributed by atoms with Crippen LogP contribution in [0.2, 0.25) is 0 Å². The fraction of sp³-hybridized carbons (Fsp3) is 1.00. The fourth-order valence-corrected chi connectivity index (χ4v) is 3.28. The molecule has 2 fully saturated rings. The molecule has 2 saturated heterocycles. The van der Waals surface area contributed by atoms with Crippen molar-refractivity contribution in [2.45, 2.75) is 24.9 Å². The van der Waals surface area contributed by atoms with Crippen LogP contribution in [0, 0.1) is 0 Å². The zero-order valence-corrected chi connectivity index (χ0v) is 7.65. The summed E-state index contributed by atoms with van der Waals surface area (Å²) in [4.78, 5) is 2.57. The summed E-state index contributed by atoms with van der Waals surface area (Å²) in [6.07, 6.45) is 2.55. The van der Waals surface area contributed by atoms with E-state index < -0.39 is 0 Å². The molecule has 0 saturated carbocycles. The molecule has 2 nitrogen and oxygen atoms in total. The maximum absolute atomic E-state index is 6.03. The van der Waals surface area contributed by atoms with Gasteiger partial charge in [-0.25, -0.2) is 0 Å². The summed E-state index contributed by atoms with van der Waals surface area (Å²) in [5.74, 6) is 2.57. The van der Waals surface area contributed by atoms with Crippen molar-refractivity contribution in [3.8, 4) is 0 Å². The first-order valence-corrected chi connectivity index (χ1v) is 5.61. The zero-order valence-electron chi connectivity index (χ0n) is 6.83. The summed E-state index contributed by atoms with van der Waals surface area (Å²) in [5.41, 5.74) is 6.03. The first kappa shape index (κ1) is 7.90. The number of rotatable bonds is 0. The molecule has 0 aliphatic carbocycles. The van der Waals surface area contributed by atoms with Crippen LogP contribution in [-0.4, -0.2) is 41.6 Å². The summed E-state index contributed by atoms with van der Waals surface area (Å²) in [6.45, 7) is 2.56. The fourth-order valence-electron chi connectivity index (χ4n) is 2.05. The molecule has 0 aromatic rings. The van der Waals surface area contributed by atoms with Gasteiger partial charge >= 0.3 is 0 Å². The van der Waals surface area contributed by atoms with E-state index in [0.717, 1.165) is 0 Å². The SMILES string of the molecule is NC1CCCN2CCSCC12. The van der Waals surface area contributed by atoms with E-state index in [1.165, 1.54) is 37.4 Å². The maximum Gasteiger partial charge on any atom is 0.0338 e. The van der Waals surface area contributed by atoms with E-state index >= 15 is 0 Å². The Bertz CT molecular complexity index is 138. The molecule has 0 radical (unpaired) electrons.